The first-order valence-corrected chi connectivity index (χ1v) is 8.75. The fraction of sp³-hybridized carbons (Fsp3) is 0.667. The second-order valence-electron chi connectivity index (χ2n) is 6.91. The van der Waals surface area contributed by atoms with Gasteiger partial charge in [0.1, 0.15) is 0 Å². The van der Waals surface area contributed by atoms with Crippen molar-refractivity contribution in [2.45, 2.75) is 63.5 Å². The molecular formula is C18H27ClN2. The summed E-state index contributed by atoms with van der Waals surface area (Å²) in [6, 6.07) is 6.55. The number of likely N-dealkylation sites (tertiary alicyclic amines) is 1. The third-order valence-electron chi connectivity index (χ3n) is 5.54. The summed E-state index contributed by atoms with van der Waals surface area (Å²) in [7, 11) is 0. The predicted octanol–water partition coefficient (Wildman–Crippen LogP) is 3.93. The summed E-state index contributed by atoms with van der Waals surface area (Å²) in [4.78, 5) is 2.69. The fourth-order valence-electron chi connectivity index (χ4n) is 4.32. The van der Waals surface area contributed by atoms with Crippen LogP contribution in [0.1, 0.15) is 49.7 Å². The van der Waals surface area contributed by atoms with Crippen molar-refractivity contribution < 1.29 is 0 Å². The molecule has 3 heteroatoms. The molecule has 3 rings (SSSR count). The average molecular weight is 307 g/mol. The van der Waals surface area contributed by atoms with Crippen molar-refractivity contribution in [3.8, 4) is 0 Å². The van der Waals surface area contributed by atoms with E-state index in [1.165, 1.54) is 62.7 Å². The van der Waals surface area contributed by atoms with Gasteiger partial charge < -0.3 is 5.73 Å². The molecule has 1 saturated carbocycles. The number of rotatable bonds is 4. The summed E-state index contributed by atoms with van der Waals surface area (Å²) < 4.78 is 0. The molecule has 1 saturated heterocycles. The summed E-state index contributed by atoms with van der Waals surface area (Å²) in [5.41, 5.74) is 9.38. The van der Waals surface area contributed by atoms with E-state index in [1.54, 1.807) is 0 Å². The van der Waals surface area contributed by atoms with Gasteiger partial charge in [-0.05, 0) is 69.3 Å². The molecule has 2 nitrogen and oxygen atoms in total. The number of aryl methyl sites for hydroxylation is 1. The van der Waals surface area contributed by atoms with Gasteiger partial charge in [0, 0.05) is 16.6 Å². The lowest BCUT2D eigenvalue weighted by atomic mass is 9.83. The first kappa shape index (κ1) is 15.3. The van der Waals surface area contributed by atoms with Crippen molar-refractivity contribution in [2.75, 3.05) is 13.1 Å². The Hall–Kier alpha value is -0.570. The van der Waals surface area contributed by atoms with E-state index in [2.05, 4.69) is 30.0 Å². The Morgan fingerprint density at radius 1 is 1.19 bits per heavy atom. The second-order valence-corrected chi connectivity index (χ2v) is 7.32. The monoisotopic (exact) mass is 306 g/mol. The van der Waals surface area contributed by atoms with Gasteiger partial charge in [-0.2, -0.15) is 0 Å². The maximum Gasteiger partial charge on any atom is 0.0441 e. The lowest BCUT2D eigenvalue weighted by Gasteiger charge is -2.43. The minimum atomic E-state index is 0.193. The van der Waals surface area contributed by atoms with Crippen LogP contribution < -0.4 is 5.73 Å². The molecule has 2 fully saturated rings. The Labute approximate surface area is 133 Å². The summed E-state index contributed by atoms with van der Waals surface area (Å²) in [6.07, 6.45) is 8.74. The summed E-state index contributed by atoms with van der Waals surface area (Å²) >= 11 is 6.42. The van der Waals surface area contributed by atoms with Gasteiger partial charge in [0.25, 0.3) is 0 Å². The van der Waals surface area contributed by atoms with Gasteiger partial charge in [-0.15, -0.1) is 0 Å². The van der Waals surface area contributed by atoms with Gasteiger partial charge in [0.15, 0.2) is 0 Å². The second kappa shape index (κ2) is 6.28. The van der Waals surface area contributed by atoms with E-state index in [0.717, 1.165) is 11.4 Å². The van der Waals surface area contributed by atoms with Crippen LogP contribution in [0.3, 0.4) is 0 Å². The molecule has 1 unspecified atom stereocenters. The van der Waals surface area contributed by atoms with Crippen molar-refractivity contribution >= 4 is 11.6 Å². The first-order valence-electron chi connectivity index (χ1n) is 8.37. The molecule has 0 spiro atoms. The molecule has 2 N–H and O–H groups in total. The van der Waals surface area contributed by atoms with Crippen LogP contribution in [0.15, 0.2) is 18.2 Å². The zero-order chi connectivity index (χ0) is 14.9. The van der Waals surface area contributed by atoms with Gasteiger partial charge in [0.2, 0.25) is 0 Å². The summed E-state index contributed by atoms with van der Waals surface area (Å²) in [6.45, 7) is 4.54. The van der Waals surface area contributed by atoms with Crippen LogP contribution in [0, 0.1) is 6.92 Å². The lowest BCUT2D eigenvalue weighted by molar-refractivity contribution is 0.0921. The van der Waals surface area contributed by atoms with Gasteiger partial charge in [-0.3, -0.25) is 4.90 Å². The zero-order valence-electron chi connectivity index (χ0n) is 13.1. The van der Waals surface area contributed by atoms with Crippen molar-refractivity contribution in [3.05, 3.63) is 34.3 Å². The maximum absolute atomic E-state index is 6.73. The average Bonchev–Trinajstić information content (AvgIpc) is 3.11. The number of hydrogen-bond acceptors (Lipinski definition) is 2. The van der Waals surface area contributed by atoms with E-state index >= 15 is 0 Å². The van der Waals surface area contributed by atoms with Gasteiger partial charge in [-0.1, -0.05) is 36.6 Å². The van der Waals surface area contributed by atoms with Crippen LogP contribution in [-0.4, -0.2) is 29.6 Å². The van der Waals surface area contributed by atoms with E-state index < -0.39 is 0 Å². The molecule has 1 aromatic rings. The number of benzene rings is 1. The molecule has 0 bridgehead atoms. The van der Waals surface area contributed by atoms with Gasteiger partial charge in [-0.25, -0.2) is 0 Å². The van der Waals surface area contributed by atoms with E-state index in [9.17, 15) is 0 Å². The maximum atomic E-state index is 6.73. The predicted molar refractivity (Wildman–Crippen MR) is 89.9 cm³/mol. The third-order valence-corrected chi connectivity index (χ3v) is 5.90. The highest BCUT2D eigenvalue weighted by molar-refractivity contribution is 6.31. The third kappa shape index (κ3) is 2.99. The topological polar surface area (TPSA) is 29.3 Å². The molecule has 21 heavy (non-hydrogen) atoms. The molecule has 0 aromatic heterocycles. The first-order chi connectivity index (χ1) is 10.1. The minimum Gasteiger partial charge on any atom is -0.326 e. The molecule has 0 radical (unpaired) electrons. The van der Waals surface area contributed by atoms with E-state index in [4.69, 9.17) is 17.3 Å². The van der Waals surface area contributed by atoms with Crippen LogP contribution in [0.4, 0.5) is 0 Å². The number of hydrogen-bond donors (Lipinski definition) is 1. The van der Waals surface area contributed by atoms with E-state index in [0.29, 0.717) is 0 Å². The molecule has 116 valence electrons. The fourth-order valence-corrected chi connectivity index (χ4v) is 4.63. The van der Waals surface area contributed by atoms with Crippen LogP contribution in [-0.2, 0) is 6.42 Å². The highest BCUT2D eigenvalue weighted by Gasteiger charge is 2.45. The minimum absolute atomic E-state index is 0.193. The Morgan fingerprint density at radius 2 is 1.86 bits per heavy atom. The lowest BCUT2D eigenvalue weighted by Crippen LogP contribution is -2.58. The van der Waals surface area contributed by atoms with E-state index in [1.807, 2.05) is 0 Å². The van der Waals surface area contributed by atoms with Crippen LogP contribution in [0.25, 0.3) is 0 Å². The Kier molecular flexibility index (Phi) is 4.58. The molecular weight excluding hydrogens is 280 g/mol. The van der Waals surface area contributed by atoms with Gasteiger partial charge in [0.05, 0.1) is 0 Å². The summed E-state index contributed by atoms with van der Waals surface area (Å²) in [5.74, 6) is 0. The zero-order valence-corrected chi connectivity index (χ0v) is 13.8. The Morgan fingerprint density at radius 3 is 2.48 bits per heavy atom. The molecule has 1 atom stereocenters. The Balaban J connectivity index is 1.79. The molecule has 1 heterocycles. The van der Waals surface area contributed by atoms with Crippen LogP contribution in [0.5, 0.6) is 0 Å². The standard InChI is InChI=1S/C18H27ClN2/c1-14-6-7-15(16(19)12-14)13-17(20)18(8-2-3-9-18)21-10-4-5-11-21/h6-7,12,17H,2-5,8-11,13,20H2,1H3. The highest BCUT2D eigenvalue weighted by atomic mass is 35.5. The molecule has 1 aliphatic heterocycles. The molecule has 0 amide bonds. The quantitative estimate of drug-likeness (QED) is 0.913. The van der Waals surface area contributed by atoms with E-state index in [-0.39, 0.29) is 11.6 Å². The number of nitrogens with two attached hydrogens (primary N) is 1. The normalized spacial score (nSPS) is 23.6. The SMILES string of the molecule is Cc1ccc(CC(N)C2(N3CCCC3)CCCC2)c(Cl)c1. The van der Waals surface area contributed by atoms with Gasteiger partial charge >= 0.3 is 0 Å². The van der Waals surface area contributed by atoms with Crippen molar-refractivity contribution in [2.24, 2.45) is 5.73 Å². The van der Waals surface area contributed by atoms with Crippen molar-refractivity contribution in [3.63, 3.8) is 0 Å². The number of nitrogens with zero attached hydrogens (tertiary/aromatic N) is 1. The molecule has 1 aromatic carbocycles. The largest absolute Gasteiger partial charge is 0.326 e. The smallest absolute Gasteiger partial charge is 0.0441 e. The van der Waals surface area contributed by atoms with Crippen LogP contribution >= 0.6 is 11.6 Å². The molecule has 1 aliphatic carbocycles. The van der Waals surface area contributed by atoms with Crippen molar-refractivity contribution in [1.82, 2.24) is 4.90 Å². The molecule has 2 aliphatic rings. The van der Waals surface area contributed by atoms with Crippen LogP contribution in [0.2, 0.25) is 5.02 Å². The highest BCUT2D eigenvalue weighted by Crippen LogP contribution is 2.40. The number of halogens is 1. The summed E-state index contributed by atoms with van der Waals surface area (Å²) in [5, 5.41) is 0.875. The van der Waals surface area contributed by atoms with Crippen molar-refractivity contribution in [1.29, 1.82) is 0 Å². The Bertz CT molecular complexity index is 488.